The average molecular weight is 365 g/mol. The number of rotatable bonds is 7. The summed E-state index contributed by atoms with van der Waals surface area (Å²) in [5.74, 6) is 0.664. The molecule has 3 rings (SSSR count). The minimum Gasteiger partial charge on any atom is -0.484 e. The largest absolute Gasteiger partial charge is 0.484 e. The Hall–Kier alpha value is -2.59. The van der Waals surface area contributed by atoms with Gasteiger partial charge in [-0.05, 0) is 54.6 Å². The molecule has 4 heteroatoms. The van der Waals surface area contributed by atoms with Crippen molar-refractivity contribution in [1.82, 2.24) is 0 Å². The standard InChI is InChI=1S/C22H23NO2S/c1-3-18-8-12-20(13-9-18)25-16-22(24)23(15-21-5-4-14-26-21)19-10-6-17(2)7-11-19/h4-14H,3,15-16H2,1-2H3. The van der Waals surface area contributed by atoms with E-state index in [0.29, 0.717) is 6.54 Å². The maximum Gasteiger partial charge on any atom is 0.265 e. The van der Waals surface area contributed by atoms with E-state index < -0.39 is 0 Å². The lowest BCUT2D eigenvalue weighted by molar-refractivity contribution is -0.120. The molecule has 0 fully saturated rings. The second-order valence-corrected chi connectivity index (χ2v) is 7.21. The van der Waals surface area contributed by atoms with Gasteiger partial charge in [0.2, 0.25) is 0 Å². The van der Waals surface area contributed by atoms with Crippen molar-refractivity contribution in [2.75, 3.05) is 11.5 Å². The molecule has 0 saturated carbocycles. The van der Waals surface area contributed by atoms with Crippen LogP contribution in [0.5, 0.6) is 5.75 Å². The third-order valence-electron chi connectivity index (χ3n) is 4.23. The van der Waals surface area contributed by atoms with Crippen LogP contribution in [0.25, 0.3) is 0 Å². The topological polar surface area (TPSA) is 29.5 Å². The molecule has 0 aliphatic carbocycles. The molecule has 0 N–H and O–H groups in total. The van der Waals surface area contributed by atoms with E-state index in [1.807, 2.05) is 73.0 Å². The fourth-order valence-corrected chi connectivity index (χ4v) is 3.34. The van der Waals surface area contributed by atoms with Gasteiger partial charge in [0.25, 0.3) is 5.91 Å². The van der Waals surface area contributed by atoms with Crippen molar-refractivity contribution in [3.8, 4) is 5.75 Å². The fraction of sp³-hybridized carbons (Fsp3) is 0.227. The number of hydrogen-bond acceptors (Lipinski definition) is 3. The summed E-state index contributed by atoms with van der Waals surface area (Å²) in [6, 6.07) is 20.0. The molecule has 26 heavy (non-hydrogen) atoms. The molecule has 0 spiro atoms. The summed E-state index contributed by atoms with van der Waals surface area (Å²) in [7, 11) is 0. The Morgan fingerprint density at radius 2 is 1.77 bits per heavy atom. The zero-order chi connectivity index (χ0) is 18.4. The smallest absolute Gasteiger partial charge is 0.265 e. The maximum atomic E-state index is 12.9. The number of amides is 1. The molecule has 2 aromatic carbocycles. The summed E-state index contributed by atoms with van der Waals surface area (Å²) in [6.45, 7) is 4.73. The summed E-state index contributed by atoms with van der Waals surface area (Å²) >= 11 is 1.65. The first kappa shape index (κ1) is 18.2. The van der Waals surface area contributed by atoms with E-state index in [1.54, 1.807) is 16.2 Å². The molecular weight excluding hydrogens is 342 g/mol. The fourth-order valence-electron chi connectivity index (χ4n) is 2.65. The van der Waals surface area contributed by atoms with Gasteiger partial charge < -0.3 is 9.64 Å². The lowest BCUT2D eigenvalue weighted by Gasteiger charge is -2.22. The van der Waals surface area contributed by atoms with Gasteiger partial charge in [-0.25, -0.2) is 0 Å². The molecule has 134 valence electrons. The third-order valence-corrected chi connectivity index (χ3v) is 5.10. The summed E-state index contributed by atoms with van der Waals surface area (Å²) in [5, 5.41) is 2.03. The number of hydrogen-bond donors (Lipinski definition) is 0. The Morgan fingerprint density at radius 1 is 1.04 bits per heavy atom. The predicted octanol–water partition coefficient (Wildman–Crippen LogP) is 5.23. The highest BCUT2D eigenvalue weighted by molar-refractivity contribution is 7.09. The lowest BCUT2D eigenvalue weighted by atomic mass is 10.2. The van der Waals surface area contributed by atoms with E-state index in [2.05, 4.69) is 6.92 Å². The van der Waals surface area contributed by atoms with Gasteiger partial charge >= 0.3 is 0 Å². The van der Waals surface area contributed by atoms with Crippen LogP contribution in [0.2, 0.25) is 0 Å². The van der Waals surface area contributed by atoms with E-state index >= 15 is 0 Å². The van der Waals surface area contributed by atoms with Crippen LogP contribution in [-0.2, 0) is 17.8 Å². The van der Waals surface area contributed by atoms with Gasteiger partial charge in [0.15, 0.2) is 6.61 Å². The number of thiophene rings is 1. The van der Waals surface area contributed by atoms with Crippen LogP contribution in [0.1, 0.15) is 22.9 Å². The maximum absolute atomic E-state index is 12.9. The molecule has 0 aliphatic heterocycles. The van der Waals surface area contributed by atoms with Crippen LogP contribution in [0.15, 0.2) is 66.0 Å². The Bertz CT molecular complexity index is 824. The molecule has 0 saturated heterocycles. The van der Waals surface area contributed by atoms with Crippen molar-refractivity contribution >= 4 is 22.9 Å². The molecule has 0 radical (unpaired) electrons. The van der Waals surface area contributed by atoms with E-state index in [9.17, 15) is 4.79 Å². The van der Waals surface area contributed by atoms with Gasteiger partial charge in [-0.2, -0.15) is 0 Å². The number of anilines is 1. The van der Waals surface area contributed by atoms with E-state index in [-0.39, 0.29) is 12.5 Å². The molecule has 1 heterocycles. The second-order valence-electron chi connectivity index (χ2n) is 6.18. The number of ether oxygens (including phenoxy) is 1. The first-order valence-electron chi connectivity index (χ1n) is 8.77. The van der Waals surface area contributed by atoms with Crippen LogP contribution in [0.3, 0.4) is 0 Å². The molecule has 1 amide bonds. The van der Waals surface area contributed by atoms with Crippen LogP contribution in [0.4, 0.5) is 5.69 Å². The third kappa shape index (κ3) is 4.73. The highest BCUT2D eigenvalue weighted by atomic mass is 32.1. The van der Waals surface area contributed by atoms with Gasteiger partial charge in [0.1, 0.15) is 5.75 Å². The van der Waals surface area contributed by atoms with Crippen molar-refractivity contribution in [3.05, 3.63) is 82.0 Å². The highest BCUT2D eigenvalue weighted by Gasteiger charge is 2.17. The quantitative estimate of drug-likeness (QED) is 0.574. The molecule has 0 unspecified atom stereocenters. The number of benzene rings is 2. The van der Waals surface area contributed by atoms with E-state index in [4.69, 9.17) is 4.74 Å². The van der Waals surface area contributed by atoms with Gasteiger partial charge in [-0.1, -0.05) is 42.8 Å². The Labute approximate surface area is 158 Å². The Morgan fingerprint density at radius 3 is 2.38 bits per heavy atom. The minimum atomic E-state index is -0.0539. The van der Waals surface area contributed by atoms with Gasteiger partial charge in [-0.15, -0.1) is 11.3 Å². The zero-order valence-electron chi connectivity index (χ0n) is 15.1. The van der Waals surface area contributed by atoms with Crippen LogP contribution < -0.4 is 9.64 Å². The summed E-state index contributed by atoms with van der Waals surface area (Å²) in [4.78, 5) is 15.8. The summed E-state index contributed by atoms with van der Waals surface area (Å²) in [6.07, 6.45) is 0.987. The van der Waals surface area contributed by atoms with Crippen LogP contribution >= 0.6 is 11.3 Å². The molecule has 3 nitrogen and oxygen atoms in total. The van der Waals surface area contributed by atoms with Gasteiger partial charge in [0.05, 0.1) is 6.54 Å². The summed E-state index contributed by atoms with van der Waals surface area (Å²) < 4.78 is 5.72. The summed E-state index contributed by atoms with van der Waals surface area (Å²) in [5.41, 5.74) is 3.31. The first-order chi connectivity index (χ1) is 12.7. The molecule has 0 atom stereocenters. The Balaban J connectivity index is 1.72. The van der Waals surface area contributed by atoms with Crippen molar-refractivity contribution in [2.45, 2.75) is 26.8 Å². The molecule has 1 aromatic heterocycles. The number of carbonyl (C=O) groups is 1. The van der Waals surface area contributed by atoms with E-state index in [1.165, 1.54) is 11.1 Å². The normalized spacial score (nSPS) is 10.5. The molecule has 0 bridgehead atoms. The SMILES string of the molecule is CCc1ccc(OCC(=O)N(Cc2cccs2)c2ccc(C)cc2)cc1. The van der Waals surface area contributed by atoms with E-state index in [0.717, 1.165) is 22.7 Å². The number of nitrogens with zero attached hydrogens (tertiary/aromatic N) is 1. The highest BCUT2D eigenvalue weighted by Crippen LogP contribution is 2.21. The van der Waals surface area contributed by atoms with Crippen molar-refractivity contribution < 1.29 is 9.53 Å². The second kappa shape index (κ2) is 8.68. The zero-order valence-corrected chi connectivity index (χ0v) is 16.0. The van der Waals surface area contributed by atoms with Crippen LogP contribution in [-0.4, -0.2) is 12.5 Å². The van der Waals surface area contributed by atoms with Gasteiger partial charge in [-0.3, -0.25) is 4.79 Å². The Kier molecular flexibility index (Phi) is 6.08. The monoisotopic (exact) mass is 365 g/mol. The molecule has 0 aliphatic rings. The van der Waals surface area contributed by atoms with Gasteiger partial charge in [0, 0.05) is 10.6 Å². The number of carbonyl (C=O) groups excluding carboxylic acids is 1. The van der Waals surface area contributed by atoms with Crippen molar-refractivity contribution in [3.63, 3.8) is 0 Å². The predicted molar refractivity (Wildman–Crippen MR) is 108 cm³/mol. The van der Waals surface area contributed by atoms with Crippen molar-refractivity contribution in [1.29, 1.82) is 0 Å². The lowest BCUT2D eigenvalue weighted by Crippen LogP contribution is -2.34. The number of aryl methyl sites for hydroxylation is 2. The minimum absolute atomic E-state index is 0.0186. The van der Waals surface area contributed by atoms with Crippen LogP contribution in [0, 0.1) is 6.92 Å². The average Bonchev–Trinajstić information content (AvgIpc) is 3.19. The molecule has 3 aromatic rings. The molecular formula is C22H23NO2S. The first-order valence-corrected chi connectivity index (χ1v) is 9.65. The van der Waals surface area contributed by atoms with Crippen molar-refractivity contribution in [2.24, 2.45) is 0 Å².